The van der Waals surface area contributed by atoms with Gasteiger partial charge in [-0.25, -0.2) is 0 Å². The minimum absolute atomic E-state index is 0.233. The van der Waals surface area contributed by atoms with Crippen LogP contribution in [-0.4, -0.2) is 12.2 Å². The maximum Gasteiger partial charge on any atom is 0.0692 e. The molecule has 1 heteroatoms. The topological polar surface area (TPSA) is 9.23 Å². The van der Waals surface area contributed by atoms with Gasteiger partial charge >= 0.3 is 0 Å². The first-order chi connectivity index (χ1) is 7.22. The summed E-state index contributed by atoms with van der Waals surface area (Å²) >= 11 is 0. The lowest BCUT2D eigenvalue weighted by Gasteiger charge is -2.41. The van der Waals surface area contributed by atoms with Gasteiger partial charge in [-0.3, -0.25) is 0 Å². The van der Waals surface area contributed by atoms with E-state index < -0.39 is 0 Å². The molecule has 0 N–H and O–H groups in total. The Morgan fingerprint density at radius 2 is 2.13 bits per heavy atom. The van der Waals surface area contributed by atoms with Crippen molar-refractivity contribution in [3.8, 4) is 0 Å². The molecule has 0 bridgehead atoms. The highest BCUT2D eigenvalue weighted by molar-refractivity contribution is 4.96. The van der Waals surface area contributed by atoms with Crippen LogP contribution in [0.1, 0.15) is 52.4 Å². The first-order valence-electron chi connectivity index (χ1n) is 6.51. The summed E-state index contributed by atoms with van der Waals surface area (Å²) in [4.78, 5) is 0. The molecule has 0 amide bonds. The fraction of sp³-hybridized carbons (Fsp3) is 0.857. The zero-order chi connectivity index (χ0) is 10.7. The fourth-order valence-electron chi connectivity index (χ4n) is 3.12. The Labute approximate surface area is 93.9 Å². The molecule has 2 atom stereocenters. The van der Waals surface area contributed by atoms with Crippen LogP contribution in [0.4, 0.5) is 0 Å². The molecular formula is C14H24O. The molecule has 1 fully saturated rings. The van der Waals surface area contributed by atoms with Crippen LogP contribution in [0.2, 0.25) is 0 Å². The Balaban J connectivity index is 2.01. The van der Waals surface area contributed by atoms with Crippen molar-refractivity contribution in [2.24, 2.45) is 11.8 Å². The molecule has 1 aliphatic heterocycles. The number of hydrogen-bond acceptors (Lipinski definition) is 1. The monoisotopic (exact) mass is 208 g/mol. The van der Waals surface area contributed by atoms with E-state index in [2.05, 4.69) is 26.0 Å². The molecule has 0 unspecified atom stereocenters. The zero-order valence-corrected chi connectivity index (χ0v) is 10.2. The van der Waals surface area contributed by atoms with Crippen molar-refractivity contribution in [1.82, 2.24) is 0 Å². The molecule has 1 nitrogen and oxygen atoms in total. The highest BCUT2D eigenvalue weighted by Crippen LogP contribution is 2.42. The minimum Gasteiger partial charge on any atom is -0.371 e. The van der Waals surface area contributed by atoms with Crippen molar-refractivity contribution in [3.05, 3.63) is 12.2 Å². The second-order valence-corrected chi connectivity index (χ2v) is 5.60. The van der Waals surface area contributed by atoms with E-state index in [1.54, 1.807) is 0 Å². The van der Waals surface area contributed by atoms with Gasteiger partial charge < -0.3 is 4.74 Å². The summed E-state index contributed by atoms with van der Waals surface area (Å²) < 4.78 is 6.12. The van der Waals surface area contributed by atoms with Crippen molar-refractivity contribution >= 4 is 0 Å². The molecule has 1 saturated carbocycles. The number of allylic oxidation sites excluding steroid dienone is 1. The van der Waals surface area contributed by atoms with Crippen LogP contribution in [0.15, 0.2) is 12.2 Å². The Kier molecular flexibility index (Phi) is 3.50. The number of ether oxygens (including phenoxy) is 1. The van der Waals surface area contributed by atoms with Crippen molar-refractivity contribution < 1.29 is 4.74 Å². The van der Waals surface area contributed by atoms with Gasteiger partial charge in [0, 0.05) is 0 Å². The number of rotatable bonds is 1. The van der Waals surface area contributed by atoms with Gasteiger partial charge in [-0.1, -0.05) is 32.4 Å². The first-order valence-corrected chi connectivity index (χ1v) is 6.51. The average Bonchev–Trinajstić information content (AvgIpc) is 2.44. The molecule has 0 radical (unpaired) electrons. The summed E-state index contributed by atoms with van der Waals surface area (Å²) in [6.45, 7) is 5.56. The second-order valence-electron chi connectivity index (χ2n) is 5.60. The summed E-state index contributed by atoms with van der Waals surface area (Å²) in [5.41, 5.74) is 0.233. The van der Waals surface area contributed by atoms with E-state index in [1.165, 1.54) is 38.5 Å². The van der Waals surface area contributed by atoms with Gasteiger partial charge in [0.15, 0.2) is 0 Å². The van der Waals surface area contributed by atoms with E-state index in [0.717, 1.165) is 18.4 Å². The van der Waals surface area contributed by atoms with Crippen LogP contribution in [-0.2, 0) is 4.74 Å². The molecule has 1 aliphatic carbocycles. The third-order valence-corrected chi connectivity index (χ3v) is 4.20. The Hall–Kier alpha value is -0.300. The lowest BCUT2D eigenvalue weighted by Crippen LogP contribution is -2.39. The molecule has 0 aromatic rings. The fourth-order valence-corrected chi connectivity index (χ4v) is 3.12. The second kappa shape index (κ2) is 4.69. The van der Waals surface area contributed by atoms with Crippen LogP contribution in [0.25, 0.3) is 0 Å². The smallest absolute Gasteiger partial charge is 0.0692 e. The van der Waals surface area contributed by atoms with Gasteiger partial charge in [0.2, 0.25) is 0 Å². The normalized spacial score (nSPS) is 37.1. The molecule has 0 aromatic heterocycles. The molecule has 0 aromatic carbocycles. The highest BCUT2D eigenvalue weighted by atomic mass is 16.5. The maximum absolute atomic E-state index is 6.12. The lowest BCUT2D eigenvalue weighted by atomic mass is 9.72. The van der Waals surface area contributed by atoms with Gasteiger partial charge in [0.25, 0.3) is 0 Å². The molecule has 2 aliphatic rings. The lowest BCUT2D eigenvalue weighted by molar-refractivity contribution is -0.0789. The van der Waals surface area contributed by atoms with Gasteiger partial charge in [-0.2, -0.15) is 0 Å². The quantitative estimate of drug-likeness (QED) is 0.593. The van der Waals surface area contributed by atoms with Crippen LogP contribution < -0.4 is 0 Å². The molecule has 2 rings (SSSR count). The van der Waals surface area contributed by atoms with E-state index in [0.29, 0.717) is 0 Å². The molecule has 1 spiro atoms. The Morgan fingerprint density at radius 1 is 1.27 bits per heavy atom. The molecule has 86 valence electrons. The van der Waals surface area contributed by atoms with E-state index in [1.807, 2.05) is 0 Å². The van der Waals surface area contributed by atoms with Crippen LogP contribution in [0, 0.1) is 11.8 Å². The summed E-state index contributed by atoms with van der Waals surface area (Å²) in [6, 6.07) is 0. The van der Waals surface area contributed by atoms with Crippen LogP contribution in [0.3, 0.4) is 0 Å². The standard InChI is InChI=1S/C14H24O/c1-12(2)13-7-6-9-14(11-13)8-4-3-5-10-15-14/h3,5,12-13H,4,6-11H2,1-2H3/t13-,14-/m1/s1. The van der Waals surface area contributed by atoms with Gasteiger partial charge in [-0.05, 0) is 43.9 Å². The van der Waals surface area contributed by atoms with Crippen molar-refractivity contribution in [3.63, 3.8) is 0 Å². The predicted molar refractivity (Wildman–Crippen MR) is 63.9 cm³/mol. The maximum atomic E-state index is 6.12. The summed E-state index contributed by atoms with van der Waals surface area (Å²) in [5, 5.41) is 0. The Bertz CT molecular complexity index is 219. The zero-order valence-electron chi connectivity index (χ0n) is 10.2. The number of hydrogen-bond donors (Lipinski definition) is 0. The summed E-state index contributed by atoms with van der Waals surface area (Å²) in [7, 11) is 0. The third kappa shape index (κ3) is 2.63. The van der Waals surface area contributed by atoms with Gasteiger partial charge in [0.1, 0.15) is 0 Å². The SMILES string of the molecule is CC(C)[C@@H]1CCC[C@]2(CCC=CCO2)C1. The largest absolute Gasteiger partial charge is 0.371 e. The summed E-state index contributed by atoms with van der Waals surface area (Å²) in [6.07, 6.45) is 12.3. The van der Waals surface area contributed by atoms with Crippen molar-refractivity contribution in [2.45, 2.75) is 58.0 Å². The third-order valence-electron chi connectivity index (χ3n) is 4.20. The van der Waals surface area contributed by atoms with Crippen molar-refractivity contribution in [2.75, 3.05) is 6.61 Å². The van der Waals surface area contributed by atoms with E-state index in [4.69, 9.17) is 4.74 Å². The van der Waals surface area contributed by atoms with Crippen LogP contribution >= 0.6 is 0 Å². The van der Waals surface area contributed by atoms with Gasteiger partial charge in [0.05, 0.1) is 12.2 Å². The molecule has 1 heterocycles. The predicted octanol–water partition coefficient (Wildman–Crippen LogP) is 3.94. The average molecular weight is 208 g/mol. The highest BCUT2D eigenvalue weighted by Gasteiger charge is 2.37. The summed E-state index contributed by atoms with van der Waals surface area (Å²) in [5.74, 6) is 1.71. The minimum atomic E-state index is 0.233. The van der Waals surface area contributed by atoms with E-state index in [9.17, 15) is 0 Å². The van der Waals surface area contributed by atoms with Crippen molar-refractivity contribution in [1.29, 1.82) is 0 Å². The first kappa shape index (κ1) is 11.2. The van der Waals surface area contributed by atoms with Crippen LogP contribution in [0.5, 0.6) is 0 Å². The van der Waals surface area contributed by atoms with E-state index in [-0.39, 0.29) is 5.60 Å². The van der Waals surface area contributed by atoms with Gasteiger partial charge in [-0.15, -0.1) is 0 Å². The Morgan fingerprint density at radius 3 is 2.93 bits per heavy atom. The molecule has 0 saturated heterocycles. The van der Waals surface area contributed by atoms with E-state index >= 15 is 0 Å². The molecule has 15 heavy (non-hydrogen) atoms. The molecular weight excluding hydrogens is 184 g/mol.